The molecule has 1 aromatic heterocycles. The lowest BCUT2D eigenvalue weighted by atomic mass is 10.1. The van der Waals surface area contributed by atoms with Crippen LogP contribution in [-0.4, -0.2) is 44.3 Å². The molecule has 140 valence electrons. The van der Waals surface area contributed by atoms with E-state index in [4.69, 9.17) is 0 Å². The van der Waals surface area contributed by atoms with Crippen LogP contribution < -0.4 is 5.32 Å². The van der Waals surface area contributed by atoms with Crippen LogP contribution >= 0.6 is 11.3 Å². The molecule has 2 aromatic rings. The van der Waals surface area contributed by atoms with Crippen molar-refractivity contribution in [2.24, 2.45) is 0 Å². The number of carbonyl (C=O) groups excluding carboxylic acids is 1. The number of aromatic nitrogens is 2. The lowest BCUT2D eigenvalue weighted by molar-refractivity contribution is 0.0303. The second kappa shape index (κ2) is 7.82. The van der Waals surface area contributed by atoms with Crippen LogP contribution in [0, 0.1) is 6.92 Å². The number of aliphatic hydroxyl groups is 1. The second-order valence-corrected chi connectivity index (χ2v) is 8.68. The summed E-state index contributed by atoms with van der Waals surface area (Å²) in [4.78, 5) is 14.5. The first kappa shape index (κ1) is 18.9. The number of nitrogens with one attached hydrogen (secondary N) is 1. The fourth-order valence-electron chi connectivity index (χ4n) is 2.80. The van der Waals surface area contributed by atoms with Crippen LogP contribution in [0.25, 0.3) is 0 Å². The topological polar surface area (TPSA) is 78.4 Å². The van der Waals surface area contributed by atoms with Crippen LogP contribution in [0.1, 0.15) is 52.6 Å². The molecule has 1 aliphatic rings. The number of hydrogen-bond donors (Lipinski definition) is 2. The first-order chi connectivity index (χ1) is 12.3. The van der Waals surface area contributed by atoms with Gasteiger partial charge in [0.1, 0.15) is 5.01 Å². The van der Waals surface area contributed by atoms with Gasteiger partial charge in [0.25, 0.3) is 5.91 Å². The molecule has 1 heterocycles. The normalized spacial score (nSPS) is 14.7. The molecule has 1 aromatic carbocycles. The fourth-order valence-corrected chi connectivity index (χ4v) is 3.58. The lowest BCUT2D eigenvalue weighted by Crippen LogP contribution is -2.39. The van der Waals surface area contributed by atoms with Gasteiger partial charge in [0.15, 0.2) is 0 Å². The molecule has 0 unspecified atom stereocenters. The third-order valence-corrected chi connectivity index (χ3v) is 5.13. The number of aryl methyl sites for hydroxylation is 1. The van der Waals surface area contributed by atoms with Crippen molar-refractivity contribution < 1.29 is 9.90 Å². The standard InChI is InChI=1S/C19H26N4O2S/c1-13-4-6-14(7-5-13)10-20-17(24)18-22-21-16(26-18)11-23(15-8-9-15)12-19(2,3)25/h4-7,15,25H,8-12H2,1-3H3,(H,20,24). The van der Waals surface area contributed by atoms with E-state index in [1.807, 2.05) is 45.0 Å². The molecule has 1 saturated carbocycles. The molecular formula is C19H26N4O2S. The van der Waals surface area contributed by atoms with Gasteiger partial charge in [0.05, 0.1) is 12.1 Å². The number of carbonyl (C=O) groups is 1. The van der Waals surface area contributed by atoms with E-state index in [9.17, 15) is 9.90 Å². The van der Waals surface area contributed by atoms with Crippen molar-refractivity contribution in [2.75, 3.05) is 6.54 Å². The minimum Gasteiger partial charge on any atom is -0.389 e. The number of nitrogens with zero attached hydrogens (tertiary/aromatic N) is 3. The Bertz CT molecular complexity index is 748. The van der Waals surface area contributed by atoms with Gasteiger partial charge in [-0.25, -0.2) is 0 Å². The molecule has 2 N–H and O–H groups in total. The van der Waals surface area contributed by atoms with Gasteiger partial charge in [-0.2, -0.15) is 0 Å². The van der Waals surface area contributed by atoms with Crippen LogP contribution in [0.3, 0.4) is 0 Å². The number of rotatable bonds is 8. The van der Waals surface area contributed by atoms with E-state index in [1.54, 1.807) is 0 Å². The molecule has 0 atom stereocenters. The van der Waals surface area contributed by atoms with Crippen molar-refractivity contribution in [1.29, 1.82) is 0 Å². The summed E-state index contributed by atoms with van der Waals surface area (Å²) in [5, 5.41) is 22.4. The maximum Gasteiger partial charge on any atom is 0.282 e. The highest BCUT2D eigenvalue weighted by Gasteiger charge is 2.33. The van der Waals surface area contributed by atoms with E-state index in [1.165, 1.54) is 16.9 Å². The van der Waals surface area contributed by atoms with Crippen LogP contribution in [0.4, 0.5) is 0 Å². The summed E-state index contributed by atoms with van der Waals surface area (Å²) in [7, 11) is 0. The van der Waals surface area contributed by atoms with Crippen molar-refractivity contribution >= 4 is 17.2 Å². The van der Waals surface area contributed by atoms with E-state index in [-0.39, 0.29) is 5.91 Å². The molecule has 1 amide bonds. The van der Waals surface area contributed by atoms with Crippen LogP contribution in [0.2, 0.25) is 0 Å². The molecule has 0 radical (unpaired) electrons. The maximum atomic E-state index is 12.3. The maximum absolute atomic E-state index is 12.3. The highest BCUT2D eigenvalue weighted by molar-refractivity contribution is 7.13. The average molecular weight is 375 g/mol. The van der Waals surface area contributed by atoms with Crippen molar-refractivity contribution in [3.8, 4) is 0 Å². The summed E-state index contributed by atoms with van der Waals surface area (Å²) in [6, 6.07) is 8.57. The molecule has 3 rings (SSSR count). The molecule has 6 nitrogen and oxygen atoms in total. The third kappa shape index (κ3) is 5.59. The van der Waals surface area contributed by atoms with Gasteiger partial charge in [0, 0.05) is 19.1 Å². The quantitative estimate of drug-likeness (QED) is 0.742. The highest BCUT2D eigenvalue weighted by atomic mass is 32.1. The zero-order chi connectivity index (χ0) is 18.7. The van der Waals surface area contributed by atoms with Crippen LogP contribution in [0.15, 0.2) is 24.3 Å². The molecular weight excluding hydrogens is 348 g/mol. The molecule has 1 fully saturated rings. The van der Waals surface area contributed by atoms with E-state index in [2.05, 4.69) is 20.4 Å². The molecule has 7 heteroatoms. The molecule has 26 heavy (non-hydrogen) atoms. The van der Waals surface area contributed by atoms with Gasteiger partial charge < -0.3 is 10.4 Å². The summed E-state index contributed by atoms with van der Waals surface area (Å²) >= 11 is 1.32. The highest BCUT2D eigenvalue weighted by Crippen LogP contribution is 2.30. The smallest absolute Gasteiger partial charge is 0.282 e. The second-order valence-electron chi connectivity index (χ2n) is 7.62. The Morgan fingerprint density at radius 2 is 2.00 bits per heavy atom. The molecule has 1 aliphatic carbocycles. The van der Waals surface area contributed by atoms with Crippen molar-refractivity contribution in [3.05, 3.63) is 45.4 Å². The van der Waals surface area contributed by atoms with E-state index >= 15 is 0 Å². The molecule has 0 bridgehead atoms. The molecule has 0 saturated heterocycles. The molecule has 0 aliphatic heterocycles. The minimum atomic E-state index is -0.748. The zero-order valence-corrected chi connectivity index (χ0v) is 16.3. The Balaban J connectivity index is 1.56. The van der Waals surface area contributed by atoms with Gasteiger partial charge in [-0.15, -0.1) is 10.2 Å². The van der Waals surface area contributed by atoms with Crippen molar-refractivity contribution in [3.63, 3.8) is 0 Å². The van der Waals surface area contributed by atoms with Gasteiger partial charge >= 0.3 is 0 Å². The largest absolute Gasteiger partial charge is 0.389 e. The number of benzene rings is 1. The van der Waals surface area contributed by atoms with Gasteiger partial charge in [-0.05, 0) is 39.2 Å². The van der Waals surface area contributed by atoms with Crippen LogP contribution in [-0.2, 0) is 13.1 Å². The Morgan fingerprint density at radius 3 is 2.62 bits per heavy atom. The number of hydrogen-bond acceptors (Lipinski definition) is 6. The van der Waals surface area contributed by atoms with E-state index in [0.29, 0.717) is 30.7 Å². The predicted octanol–water partition coefficient (Wildman–Crippen LogP) is 2.51. The fraction of sp³-hybridized carbons (Fsp3) is 0.526. The predicted molar refractivity (Wildman–Crippen MR) is 102 cm³/mol. The summed E-state index contributed by atoms with van der Waals surface area (Å²) in [6.07, 6.45) is 2.30. The SMILES string of the molecule is Cc1ccc(CNC(=O)c2nnc(CN(CC(C)(C)O)C3CC3)s2)cc1. The summed E-state index contributed by atoms with van der Waals surface area (Å²) in [6.45, 7) is 7.34. The first-order valence-corrected chi connectivity index (χ1v) is 9.74. The summed E-state index contributed by atoms with van der Waals surface area (Å²) < 4.78 is 0. The summed E-state index contributed by atoms with van der Waals surface area (Å²) in [5.74, 6) is -0.199. The van der Waals surface area contributed by atoms with Crippen molar-refractivity contribution in [1.82, 2.24) is 20.4 Å². The average Bonchev–Trinajstić information content (AvgIpc) is 3.32. The van der Waals surface area contributed by atoms with Gasteiger partial charge in [0.2, 0.25) is 5.01 Å². The van der Waals surface area contributed by atoms with E-state index in [0.717, 1.165) is 23.4 Å². The lowest BCUT2D eigenvalue weighted by Gasteiger charge is -2.28. The van der Waals surface area contributed by atoms with Crippen LogP contribution in [0.5, 0.6) is 0 Å². The Morgan fingerprint density at radius 1 is 1.31 bits per heavy atom. The Hall–Kier alpha value is -1.83. The zero-order valence-electron chi connectivity index (χ0n) is 15.5. The first-order valence-electron chi connectivity index (χ1n) is 8.93. The van der Waals surface area contributed by atoms with Gasteiger partial charge in [-0.1, -0.05) is 41.2 Å². The summed E-state index contributed by atoms with van der Waals surface area (Å²) in [5.41, 5.74) is 1.50. The van der Waals surface area contributed by atoms with E-state index < -0.39 is 5.60 Å². The third-order valence-electron chi connectivity index (χ3n) is 4.23. The van der Waals surface area contributed by atoms with Crippen molar-refractivity contribution in [2.45, 2.75) is 58.3 Å². The van der Waals surface area contributed by atoms with Gasteiger partial charge in [-0.3, -0.25) is 9.69 Å². The monoisotopic (exact) mass is 374 g/mol. The Labute approximate surface area is 158 Å². The number of amides is 1. The minimum absolute atomic E-state index is 0.199. The molecule has 0 spiro atoms. The Kier molecular flexibility index (Phi) is 5.70.